The number of rotatable bonds is 2. The highest BCUT2D eigenvalue weighted by atomic mass is 16.2. The van der Waals surface area contributed by atoms with Crippen molar-refractivity contribution in [3.63, 3.8) is 0 Å². The lowest BCUT2D eigenvalue weighted by Crippen LogP contribution is -2.36. The highest BCUT2D eigenvalue weighted by Gasteiger charge is 2.16. The van der Waals surface area contributed by atoms with E-state index >= 15 is 0 Å². The molecule has 2 amide bonds. The van der Waals surface area contributed by atoms with Crippen LogP contribution in [0, 0.1) is 0 Å². The predicted molar refractivity (Wildman–Crippen MR) is 73.9 cm³/mol. The van der Waals surface area contributed by atoms with Crippen molar-refractivity contribution in [2.75, 3.05) is 5.32 Å². The molecule has 5 nitrogen and oxygen atoms in total. The Labute approximate surface area is 111 Å². The Balaban J connectivity index is 1.68. The molecule has 0 unspecified atom stereocenters. The summed E-state index contributed by atoms with van der Waals surface area (Å²) >= 11 is 0. The monoisotopic (exact) mass is 256 g/mol. The van der Waals surface area contributed by atoms with Crippen molar-refractivity contribution in [3.8, 4) is 0 Å². The first-order valence-electron chi connectivity index (χ1n) is 6.59. The van der Waals surface area contributed by atoms with Crippen LogP contribution in [0.25, 0.3) is 11.0 Å². The first kappa shape index (κ1) is 11.9. The Bertz CT molecular complexity index is 593. The lowest BCUT2D eigenvalue weighted by Gasteiger charge is -2.13. The van der Waals surface area contributed by atoms with E-state index in [0.717, 1.165) is 29.6 Å². The molecule has 2 aromatic rings. The average molecular weight is 256 g/mol. The lowest BCUT2D eigenvalue weighted by molar-refractivity contribution is 0.248. The van der Waals surface area contributed by atoms with Gasteiger partial charge in [-0.05, 0) is 31.0 Å². The van der Waals surface area contributed by atoms with Crippen molar-refractivity contribution in [2.45, 2.75) is 31.7 Å². The van der Waals surface area contributed by atoms with Crippen LogP contribution in [0.3, 0.4) is 0 Å². The van der Waals surface area contributed by atoms with Gasteiger partial charge in [0.15, 0.2) is 0 Å². The van der Waals surface area contributed by atoms with Crippen molar-refractivity contribution in [1.82, 2.24) is 15.3 Å². The van der Waals surface area contributed by atoms with Gasteiger partial charge < -0.3 is 10.6 Å². The number of nitrogens with zero attached hydrogens (tertiary/aromatic N) is 2. The zero-order valence-electron chi connectivity index (χ0n) is 10.6. The van der Waals surface area contributed by atoms with Crippen molar-refractivity contribution in [3.05, 3.63) is 30.6 Å². The van der Waals surface area contributed by atoms with E-state index in [1.807, 2.05) is 18.2 Å². The number of hydrogen-bond donors (Lipinski definition) is 2. The Hall–Kier alpha value is -2.17. The number of urea groups is 1. The number of amides is 2. The predicted octanol–water partition coefficient (Wildman–Crippen LogP) is 2.69. The summed E-state index contributed by atoms with van der Waals surface area (Å²) in [4.78, 5) is 20.3. The van der Waals surface area contributed by atoms with Crippen molar-refractivity contribution in [2.24, 2.45) is 0 Å². The minimum Gasteiger partial charge on any atom is -0.335 e. The third-order valence-corrected chi connectivity index (χ3v) is 3.42. The summed E-state index contributed by atoms with van der Waals surface area (Å²) in [6, 6.07) is 5.70. The summed E-state index contributed by atoms with van der Waals surface area (Å²) in [6.07, 6.45) is 7.87. The van der Waals surface area contributed by atoms with Gasteiger partial charge in [0, 0.05) is 24.1 Å². The zero-order valence-corrected chi connectivity index (χ0v) is 10.6. The van der Waals surface area contributed by atoms with Crippen LogP contribution >= 0.6 is 0 Å². The lowest BCUT2D eigenvalue weighted by atomic mass is 10.2. The van der Waals surface area contributed by atoms with Gasteiger partial charge in [0.25, 0.3) is 0 Å². The van der Waals surface area contributed by atoms with Gasteiger partial charge in [-0.1, -0.05) is 12.8 Å². The second-order valence-corrected chi connectivity index (χ2v) is 4.84. The molecule has 98 valence electrons. The molecule has 1 fully saturated rings. The van der Waals surface area contributed by atoms with E-state index < -0.39 is 0 Å². The minimum absolute atomic E-state index is 0.143. The summed E-state index contributed by atoms with van der Waals surface area (Å²) in [5, 5.41) is 5.83. The maximum Gasteiger partial charge on any atom is 0.319 e. The quantitative estimate of drug-likeness (QED) is 0.868. The van der Waals surface area contributed by atoms with Gasteiger partial charge in [-0.15, -0.1) is 0 Å². The molecule has 19 heavy (non-hydrogen) atoms. The smallest absolute Gasteiger partial charge is 0.319 e. The normalized spacial score (nSPS) is 15.6. The van der Waals surface area contributed by atoms with Crippen molar-refractivity contribution >= 4 is 22.8 Å². The van der Waals surface area contributed by atoms with E-state index in [4.69, 9.17) is 0 Å². The molecule has 0 saturated heterocycles. The first-order chi connectivity index (χ1) is 9.31. The molecule has 0 atom stereocenters. The number of carbonyl (C=O) groups is 1. The van der Waals surface area contributed by atoms with Gasteiger partial charge >= 0.3 is 6.03 Å². The van der Waals surface area contributed by atoms with Crippen LogP contribution in [0.15, 0.2) is 30.6 Å². The fraction of sp³-hybridized carbons (Fsp3) is 0.357. The molecule has 0 bridgehead atoms. The van der Waals surface area contributed by atoms with E-state index in [2.05, 4.69) is 20.6 Å². The average Bonchev–Trinajstić information content (AvgIpc) is 2.91. The highest BCUT2D eigenvalue weighted by molar-refractivity contribution is 5.91. The van der Waals surface area contributed by atoms with Gasteiger partial charge in [0.05, 0.1) is 11.0 Å². The molecule has 0 spiro atoms. The first-order valence-corrected chi connectivity index (χ1v) is 6.59. The summed E-state index contributed by atoms with van der Waals surface area (Å²) < 4.78 is 0. The molecule has 1 heterocycles. The summed E-state index contributed by atoms with van der Waals surface area (Å²) in [5.74, 6) is 0. The van der Waals surface area contributed by atoms with Gasteiger partial charge in [-0.3, -0.25) is 9.97 Å². The number of hydrogen-bond acceptors (Lipinski definition) is 3. The van der Waals surface area contributed by atoms with Crippen LogP contribution in [0.5, 0.6) is 0 Å². The fourth-order valence-corrected chi connectivity index (χ4v) is 2.46. The van der Waals surface area contributed by atoms with Crippen LogP contribution in [0.4, 0.5) is 10.5 Å². The van der Waals surface area contributed by atoms with Gasteiger partial charge in [-0.25, -0.2) is 4.79 Å². The third-order valence-electron chi connectivity index (χ3n) is 3.42. The highest BCUT2D eigenvalue weighted by Crippen LogP contribution is 2.18. The van der Waals surface area contributed by atoms with E-state index in [9.17, 15) is 4.79 Å². The molecular weight excluding hydrogens is 240 g/mol. The molecule has 1 aliphatic rings. The maximum atomic E-state index is 11.8. The zero-order chi connectivity index (χ0) is 13.1. The molecule has 3 rings (SSSR count). The van der Waals surface area contributed by atoms with Crippen LogP contribution in [0.1, 0.15) is 25.7 Å². The molecule has 2 N–H and O–H groups in total. The molecule has 1 aliphatic carbocycles. The van der Waals surface area contributed by atoms with Crippen LogP contribution in [-0.2, 0) is 0 Å². The number of anilines is 1. The Morgan fingerprint density at radius 2 is 1.84 bits per heavy atom. The van der Waals surface area contributed by atoms with Gasteiger partial charge in [0.1, 0.15) is 0 Å². The van der Waals surface area contributed by atoms with Gasteiger partial charge in [0.2, 0.25) is 0 Å². The molecule has 0 aliphatic heterocycles. The molecule has 5 heteroatoms. The van der Waals surface area contributed by atoms with E-state index in [0.29, 0.717) is 6.04 Å². The molecular formula is C14H16N4O. The van der Waals surface area contributed by atoms with E-state index in [-0.39, 0.29) is 6.03 Å². The van der Waals surface area contributed by atoms with Gasteiger partial charge in [-0.2, -0.15) is 0 Å². The van der Waals surface area contributed by atoms with Crippen LogP contribution < -0.4 is 10.6 Å². The molecule has 0 radical (unpaired) electrons. The fourth-order valence-electron chi connectivity index (χ4n) is 2.46. The Kier molecular flexibility index (Phi) is 3.27. The largest absolute Gasteiger partial charge is 0.335 e. The van der Waals surface area contributed by atoms with Crippen LogP contribution in [-0.4, -0.2) is 22.0 Å². The molecule has 1 aromatic carbocycles. The van der Waals surface area contributed by atoms with Crippen molar-refractivity contribution < 1.29 is 4.79 Å². The standard InChI is InChI=1S/C14H16N4O/c19-14(17-10-3-1-2-4-10)18-11-5-6-12-13(9-11)16-8-7-15-12/h5-10H,1-4H2,(H2,17,18,19). The second-order valence-electron chi connectivity index (χ2n) is 4.84. The number of fused-ring (bicyclic) bond motifs is 1. The number of nitrogens with one attached hydrogen (secondary N) is 2. The third kappa shape index (κ3) is 2.81. The van der Waals surface area contributed by atoms with Crippen molar-refractivity contribution in [1.29, 1.82) is 0 Å². The van der Waals surface area contributed by atoms with E-state index in [1.54, 1.807) is 12.4 Å². The second kappa shape index (κ2) is 5.22. The SMILES string of the molecule is O=C(Nc1ccc2nccnc2c1)NC1CCCC1. The summed E-state index contributed by atoms with van der Waals surface area (Å²) in [6.45, 7) is 0. The number of carbonyl (C=O) groups excluding carboxylic acids is 1. The summed E-state index contributed by atoms with van der Waals surface area (Å²) in [7, 11) is 0. The van der Waals surface area contributed by atoms with E-state index in [1.165, 1.54) is 12.8 Å². The summed E-state index contributed by atoms with van der Waals surface area (Å²) in [5.41, 5.74) is 2.34. The topological polar surface area (TPSA) is 66.9 Å². The Morgan fingerprint density at radius 1 is 1.11 bits per heavy atom. The molecule has 1 saturated carbocycles. The Morgan fingerprint density at radius 3 is 2.63 bits per heavy atom. The van der Waals surface area contributed by atoms with Crippen LogP contribution in [0.2, 0.25) is 0 Å². The number of aromatic nitrogens is 2. The maximum absolute atomic E-state index is 11.8. The number of benzene rings is 1. The minimum atomic E-state index is -0.143. The molecule has 1 aromatic heterocycles.